The molecule has 0 saturated carbocycles. The van der Waals surface area contributed by atoms with Crippen molar-refractivity contribution < 1.29 is 9.59 Å². The number of allylic oxidation sites excluding steroid dienone is 2. The first-order valence-corrected chi connectivity index (χ1v) is 10.4. The Morgan fingerprint density at radius 2 is 1.64 bits per heavy atom. The quantitative estimate of drug-likeness (QED) is 0.435. The van der Waals surface area contributed by atoms with Crippen LogP contribution in [0.3, 0.4) is 0 Å². The lowest BCUT2D eigenvalue weighted by Gasteiger charge is -2.14. The summed E-state index contributed by atoms with van der Waals surface area (Å²) in [6.45, 7) is 0.267. The largest absolute Gasteiger partial charge is 0.293 e. The van der Waals surface area contributed by atoms with Crippen LogP contribution in [0.5, 0.6) is 0 Å². The van der Waals surface area contributed by atoms with E-state index < -0.39 is 0 Å². The highest BCUT2D eigenvalue weighted by molar-refractivity contribution is 9.12. The minimum Gasteiger partial charge on any atom is -0.268 e. The van der Waals surface area contributed by atoms with E-state index in [1.54, 1.807) is 6.08 Å². The molecule has 4 rings (SSSR count). The third kappa shape index (κ3) is 3.96. The molecule has 0 spiro atoms. The predicted octanol–water partition coefficient (Wildman–Crippen LogP) is 6.36. The molecular formula is C23H16BrNO2S. The normalized spacial score (nSPS) is 16.4. The number of fused-ring (bicyclic) bond motifs is 1. The van der Waals surface area contributed by atoms with Gasteiger partial charge in [0, 0.05) is 4.48 Å². The van der Waals surface area contributed by atoms with Gasteiger partial charge in [-0.15, -0.1) is 0 Å². The van der Waals surface area contributed by atoms with Crippen molar-refractivity contribution >= 4 is 55.7 Å². The number of benzene rings is 3. The zero-order valence-corrected chi connectivity index (χ0v) is 17.2. The molecule has 0 atom stereocenters. The van der Waals surface area contributed by atoms with Gasteiger partial charge in [-0.1, -0.05) is 88.7 Å². The van der Waals surface area contributed by atoms with Crippen LogP contribution in [0, 0.1) is 0 Å². The number of carbonyl (C=O) groups excluding carboxylic acids is 2. The summed E-state index contributed by atoms with van der Waals surface area (Å²) in [6, 6.07) is 23.7. The summed E-state index contributed by atoms with van der Waals surface area (Å²) in [6.07, 6.45) is 3.62. The smallest absolute Gasteiger partial charge is 0.268 e. The van der Waals surface area contributed by atoms with E-state index in [0.717, 1.165) is 38.1 Å². The number of amides is 2. The van der Waals surface area contributed by atoms with Gasteiger partial charge in [-0.25, -0.2) is 0 Å². The van der Waals surface area contributed by atoms with Crippen molar-refractivity contribution in [3.63, 3.8) is 0 Å². The second kappa shape index (κ2) is 8.17. The van der Waals surface area contributed by atoms with Gasteiger partial charge in [-0.2, -0.15) is 0 Å². The summed E-state index contributed by atoms with van der Waals surface area (Å²) < 4.78 is 0.745. The maximum absolute atomic E-state index is 12.8. The second-order valence-corrected chi connectivity index (χ2v) is 8.25. The summed E-state index contributed by atoms with van der Waals surface area (Å²) in [5.41, 5.74) is 1.97. The molecule has 5 heteroatoms. The van der Waals surface area contributed by atoms with Gasteiger partial charge in [-0.3, -0.25) is 14.5 Å². The molecule has 1 aliphatic heterocycles. The average Bonchev–Trinajstić information content (AvgIpc) is 2.96. The number of thioether (sulfide) groups is 1. The number of hydrogen-bond donors (Lipinski definition) is 0. The highest BCUT2D eigenvalue weighted by Crippen LogP contribution is 2.34. The Labute approximate surface area is 175 Å². The molecule has 0 N–H and O–H groups in total. The van der Waals surface area contributed by atoms with Crippen LogP contribution in [0.1, 0.15) is 11.1 Å². The van der Waals surface area contributed by atoms with Crippen molar-refractivity contribution in [3.8, 4) is 0 Å². The molecule has 0 radical (unpaired) electrons. The summed E-state index contributed by atoms with van der Waals surface area (Å²) >= 11 is 4.45. The van der Waals surface area contributed by atoms with Gasteiger partial charge >= 0.3 is 0 Å². The number of carbonyl (C=O) groups is 2. The van der Waals surface area contributed by atoms with E-state index in [4.69, 9.17) is 0 Å². The van der Waals surface area contributed by atoms with Crippen molar-refractivity contribution in [3.05, 3.63) is 99.4 Å². The fraction of sp³-hybridized carbons (Fsp3) is 0.0435. The van der Waals surface area contributed by atoms with Gasteiger partial charge in [-0.05, 0) is 45.8 Å². The number of hydrogen-bond acceptors (Lipinski definition) is 3. The SMILES string of the molecule is O=C1S/C(=C\C(Br)=C\c2ccccc2)C(=O)N1Cc1cccc2ccccc12. The molecule has 3 aromatic rings. The molecular weight excluding hydrogens is 434 g/mol. The minimum absolute atomic E-state index is 0.246. The van der Waals surface area contributed by atoms with E-state index in [9.17, 15) is 9.59 Å². The topological polar surface area (TPSA) is 37.4 Å². The van der Waals surface area contributed by atoms with Crippen LogP contribution in [0.15, 0.2) is 88.3 Å². The molecule has 3 nitrogen and oxygen atoms in total. The van der Waals surface area contributed by atoms with E-state index in [2.05, 4.69) is 15.9 Å². The van der Waals surface area contributed by atoms with Crippen LogP contribution in [-0.4, -0.2) is 16.0 Å². The molecule has 0 aliphatic carbocycles. The van der Waals surface area contributed by atoms with Crippen LogP contribution >= 0.6 is 27.7 Å². The Morgan fingerprint density at radius 1 is 0.929 bits per heavy atom. The molecule has 1 saturated heterocycles. The van der Waals surface area contributed by atoms with Crippen LogP contribution < -0.4 is 0 Å². The molecule has 2 amide bonds. The van der Waals surface area contributed by atoms with Gasteiger partial charge in [0.05, 0.1) is 11.4 Å². The summed E-state index contributed by atoms with van der Waals surface area (Å²) in [4.78, 5) is 27.0. The lowest BCUT2D eigenvalue weighted by Crippen LogP contribution is -2.27. The Bertz CT molecular complexity index is 1120. The maximum atomic E-state index is 12.8. The van der Waals surface area contributed by atoms with Gasteiger partial charge in [0.2, 0.25) is 0 Å². The summed E-state index contributed by atoms with van der Waals surface area (Å²) in [5.74, 6) is -0.263. The molecule has 0 bridgehead atoms. The highest BCUT2D eigenvalue weighted by Gasteiger charge is 2.35. The van der Waals surface area contributed by atoms with E-state index in [1.165, 1.54) is 4.90 Å². The first-order chi connectivity index (χ1) is 13.6. The first kappa shape index (κ1) is 18.7. The third-order valence-corrected chi connectivity index (χ3v) is 5.82. The predicted molar refractivity (Wildman–Crippen MR) is 119 cm³/mol. The highest BCUT2D eigenvalue weighted by atomic mass is 79.9. The lowest BCUT2D eigenvalue weighted by atomic mass is 10.0. The van der Waals surface area contributed by atoms with E-state index in [1.807, 2.05) is 78.9 Å². The fourth-order valence-corrected chi connectivity index (χ4v) is 4.59. The first-order valence-electron chi connectivity index (χ1n) is 8.76. The van der Waals surface area contributed by atoms with Crippen molar-refractivity contribution in [2.75, 3.05) is 0 Å². The Balaban J connectivity index is 1.58. The monoisotopic (exact) mass is 449 g/mol. The molecule has 3 aromatic carbocycles. The molecule has 1 fully saturated rings. The van der Waals surface area contributed by atoms with Crippen molar-refractivity contribution in [2.24, 2.45) is 0 Å². The van der Waals surface area contributed by atoms with Crippen molar-refractivity contribution in [1.82, 2.24) is 4.90 Å². The molecule has 138 valence electrons. The van der Waals surface area contributed by atoms with Crippen LogP contribution in [0.25, 0.3) is 16.8 Å². The van der Waals surface area contributed by atoms with Gasteiger partial charge in [0.15, 0.2) is 0 Å². The standard InChI is InChI=1S/C23H16BrNO2S/c24-19(13-16-7-2-1-3-8-16)14-21-22(26)25(23(27)28-21)15-18-11-6-10-17-9-4-5-12-20(17)18/h1-14H,15H2/b19-13-,21-14-. The summed E-state index contributed by atoms with van der Waals surface area (Å²) in [7, 11) is 0. The molecule has 1 heterocycles. The molecule has 0 unspecified atom stereocenters. The van der Waals surface area contributed by atoms with Crippen LogP contribution in [-0.2, 0) is 11.3 Å². The Kier molecular flexibility index (Phi) is 5.46. The van der Waals surface area contributed by atoms with Crippen molar-refractivity contribution in [1.29, 1.82) is 0 Å². The third-order valence-electron chi connectivity index (χ3n) is 4.46. The summed E-state index contributed by atoms with van der Waals surface area (Å²) in [5, 5.41) is 1.90. The van der Waals surface area contributed by atoms with Gasteiger partial charge < -0.3 is 0 Å². The van der Waals surface area contributed by atoms with Crippen LogP contribution in [0.4, 0.5) is 4.79 Å². The van der Waals surface area contributed by atoms with Gasteiger partial charge in [0.25, 0.3) is 11.1 Å². The molecule has 1 aliphatic rings. The fourth-order valence-electron chi connectivity index (χ4n) is 3.11. The second-order valence-electron chi connectivity index (χ2n) is 6.35. The number of halogens is 1. The zero-order valence-electron chi connectivity index (χ0n) is 14.8. The zero-order chi connectivity index (χ0) is 19.5. The number of imide groups is 1. The van der Waals surface area contributed by atoms with Crippen LogP contribution in [0.2, 0.25) is 0 Å². The van der Waals surface area contributed by atoms with E-state index in [0.29, 0.717) is 4.91 Å². The Hall–Kier alpha value is -2.63. The molecule has 28 heavy (non-hydrogen) atoms. The Morgan fingerprint density at radius 3 is 2.46 bits per heavy atom. The number of rotatable bonds is 4. The molecule has 0 aromatic heterocycles. The maximum Gasteiger partial charge on any atom is 0.293 e. The minimum atomic E-state index is -0.263. The number of nitrogens with zero attached hydrogens (tertiary/aromatic N) is 1. The van der Waals surface area contributed by atoms with E-state index >= 15 is 0 Å². The lowest BCUT2D eigenvalue weighted by molar-refractivity contribution is -0.123. The van der Waals surface area contributed by atoms with E-state index in [-0.39, 0.29) is 17.7 Å². The average molecular weight is 450 g/mol. The van der Waals surface area contributed by atoms with Gasteiger partial charge in [0.1, 0.15) is 0 Å². The van der Waals surface area contributed by atoms with Crippen molar-refractivity contribution in [2.45, 2.75) is 6.54 Å².